The first kappa shape index (κ1) is 24.8. The lowest BCUT2D eigenvalue weighted by Crippen LogP contribution is -2.40. The van der Waals surface area contributed by atoms with Gasteiger partial charge in [-0.05, 0) is 50.2 Å². The van der Waals surface area contributed by atoms with Crippen LogP contribution >= 0.6 is 11.6 Å². The van der Waals surface area contributed by atoms with Crippen LogP contribution in [0.1, 0.15) is 24.3 Å². The number of nitrogens with one attached hydrogen (secondary N) is 1. The lowest BCUT2D eigenvalue weighted by atomic mass is 9.96. The third kappa shape index (κ3) is 5.86. The van der Waals surface area contributed by atoms with Gasteiger partial charge in [-0.2, -0.15) is 4.98 Å². The summed E-state index contributed by atoms with van der Waals surface area (Å²) >= 11 is 6.05. The number of halogens is 1. The van der Waals surface area contributed by atoms with E-state index in [9.17, 15) is 4.79 Å². The normalized spacial score (nSPS) is 14.5. The van der Waals surface area contributed by atoms with Crippen molar-refractivity contribution >= 4 is 17.5 Å². The molecule has 3 aromatic rings. The van der Waals surface area contributed by atoms with Gasteiger partial charge in [0.2, 0.25) is 23.4 Å². The van der Waals surface area contributed by atoms with E-state index in [2.05, 4.69) is 20.4 Å². The lowest BCUT2D eigenvalue weighted by molar-refractivity contribution is -0.126. The van der Waals surface area contributed by atoms with Crippen LogP contribution in [0, 0.1) is 5.92 Å². The van der Waals surface area contributed by atoms with Crippen molar-refractivity contribution in [2.75, 3.05) is 34.4 Å². The van der Waals surface area contributed by atoms with Gasteiger partial charge < -0.3 is 24.1 Å². The number of aromatic nitrogens is 2. The first-order valence-electron chi connectivity index (χ1n) is 11.4. The Bertz CT molecular complexity index is 1160. The molecule has 10 heteroatoms. The lowest BCUT2D eigenvalue weighted by Gasteiger charge is -2.30. The summed E-state index contributed by atoms with van der Waals surface area (Å²) in [5.41, 5.74) is 1.64. The summed E-state index contributed by atoms with van der Waals surface area (Å²) in [5.74, 6) is 2.68. The van der Waals surface area contributed by atoms with Crippen molar-refractivity contribution in [3.8, 4) is 28.6 Å². The molecule has 9 nitrogen and oxygen atoms in total. The second kappa shape index (κ2) is 11.4. The summed E-state index contributed by atoms with van der Waals surface area (Å²) in [4.78, 5) is 19.5. The van der Waals surface area contributed by atoms with Gasteiger partial charge in [0.15, 0.2) is 11.5 Å². The van der Waals surface area contributed by atoms with Gasteiger partial charge in [-0.3, -0.25) is 9.69 Å². The number of rotatable bonds is 9. The molecule has 1 aromatic heterocycles. The summed E-state index contributed by atoms with van der Waals surface area (Å²) in [6, 6.07) is 11.0. The Morgan fingerprint density at radius 3 is 2.57 bits per heavy atom. The van der Waals surface area contributed by atoms with Crippen molar-refractivity contribution < 1.29 is 23.5 Å². The molecule has 0 bridgehead atoms. The molecule has 1 aliphatic rings. The van der Waals surface area contributed by atoms with Crippen molar-refractivity contribution in [3.63, 3.8) is 0 Å². The van der Waals surface area contributed by atoms with Crippen molar-refractivity contribution in [1.82, 2.24) is 20.4 Å². The van der Waals surface area contributed by atoms with Gasteiger partial charge in [0.05, 0.1) is 27.9 Å². The molecule has 1 amide bonds. The Balaban J connectivity index is 1.28. The van der Waals surface area contributed by atoms with Crippen LogP contribution in [0.4, 0.5) is 0 Å². The van der Waals surface area contributed by atoms with Crippen LogP contribution in [0.15, 0.2) is 40.9 Å². The highest BCUT2D eigenvalue weighted by atomic mass is 35.5. The summed E-state index contributed by atoms with van der Waals surface area (Å²) in [5, 5.41) is 7.73. The molecule has 0 radical (unpaired) electrons. The van der Waals surface area contributed by atoms with Crippen molar-refractivity contribution in [3.05, 3.63) is 52.9 Å². The Hall–Kier alpha value is -3.30. The van der Waals surface area contributed by atoms with Crippen molar-refractivity contribution in [2.45, 2.75) is 25.9 Å². The zero-order valence-corrected chi connectivity index (χ0v) is 20.8. The molecule has 1 N–H and O–H groups in total. The van der Waals surface area contributed by atoms with E-state index in [4.69, 9.17) is 30.3 Å². The highest BCUT2D eigenvalue weighted by molar-refractivity contribution is 6.30. The van der Waals surface area contributed by atoms with Crippen LogP contribution in [-0.2, 0) is 17.9 Å². The molecule has 35 heavy (non-hydrogen) atoms. The Kier molecular flexibility index (Phi) is 8.09. The number of carbonyl (C=O) groups is 1. The SMILES string of the molecule is COc1ccc(CNC(=O)C2CCN(Cc3nc(-c4cccc(Cl)c4)no3)CC2)c(OC)c1OC. The second-order valence-electron chi connectivity index (χ2n) is 8.28. The number of hydrogen-bond acceptors (Lipinski definition) is 8. The highest BCUT2D eigenvalue weighted by Crippen LogP contribution is 2.39. The van der Waals surface area contributed by atoms with Gasteiger partial charge in [0.1, 0.15) is 0 Å². The summed E-state index contributed by atoms with van der Waals surface area (Å²) in [7, 11) is 4.70. The molecule has 0 unspecified atom stereocenters. The number of benzene rings is 2. The van der Waals surface area contributed by atoms with Gasteiger partial charge in [0.25, 0.3) is 0 Å². The van der Waals surface area contributed by atoms with Gasteiger partial charge >= 0.3 is 0 Å². The molecule has 0 aliphatic carbocycles. The molecule has 0 saturated carbocycles. The van der Waals surface area contributed by atoms with Crippen LogP contribution in [0.2, 0.25) is 5.02 Å². The molecule has 0 atom stereocenters. The van der Waals surface area contributed by atoms with Gasteiger partial charge in [-0.15, -0.1) is 0 Å². The molecule has 4 rings (SSSR count). The van der Waals surface area contributed by atoms with E-state index in [1.165, 1.54) is 0 Å². The standard InChI is InChI=1S/C25H29ClN4O5/c1-32-20-8-7-18(22(33-2)23(20)34-3)14-27-25(31)16-9-11-30(12-10-16)15-21-28-24(29-35-21)17-5-4-6-19(26)13-17/h4-8,13,16H,9-12,14-15H2,1-3H3,(H,27,31). The largest absolute Gasteiger partial charge is 0.493 e. The number of piperidine rings is 1. The number of methoxy groups -OCH3 is 3. The van der Waals surface area contributed by atoms with Crippen LogP contribution in [0.5, 0.6) is 17.2 Å². The first-order valence-corrected chi connectivity index (χ1v) is 11.8. The Morgan fingerprint density at radius 1 is 1.11 bits per heavy atom. The Morgan fingerprint density at radius 2 is 1.89 bits per heavy atom. The fraction of sp³-hybridized carbons (Fsp3) is 0.400. The summed E-state index contributed by atoms with van der Waals surface area (Å²) in [6.07, 6.45) is 1.51. The maximum Gasteiger partial charge on any atom is 0.241 e. The maximum absolute atomic E-state index is 12.8. The molecule has 2 aromatic carbocycles. The third-order valence-corrected chi connectivity index (χ3v) is 6.34. The Labute approximate surface area is 209 Å². The number of carbonyl (C=O) groups excluding carboxylic acids is 1. The molecule has 2 heterocycles. The molecule has 0 spiro atoms. The average Bonchev–Trinajstić information content (AvgIpc) is 3.35. The third-order valence-electron chi connectivity index (χ3n) is 6.11. The summed E-state index contributed by atoms with van der Waals surface area (Å²) < 4.78 is 21.7. The first-order chi connectivity index (χ1) is 17.0. The number of likely N-dealkylation sites (tertiary alicyclic amines) is 1. The van der Waals surface area contributed by atoms with E-state index in [1.807, 2.05) is 18.2 Å². The topological polar surface area (TPSA) is 99.0 Å². The zero-order chi connectivity index (χ0) is 24.8. The van der Waals surface area contributed by atoms with Crippen LogP contribution in [0.25, 0.3) is 11.4 Å². The van der Waals surface area contributed by atoms with E-state index in [0.29, 0.717) is 47.1 Å². The van der Waals surface area contributed by atoms with Crippen LogP contribution in [-0.4, -0.2) is 55.4 Å². The number of nitrogens with zero attached hydrogens (tertiary/aromatic N) is 3. The van der Waals surface area contributed by atoms with E-state index in [-0.39, 0.29) is 11.8 Å². The quantitative estimate of drug-likeness (QED) is 0.471. The van der Waals surface area contributed by atoms with E-state index < -0.39 is 0 Å². The zero-order valence-electron chi connectivity index (χ0n) is 20.0. The smallest absolute Gasteiger partial charge is 0.241 e. The van der Waals surface area contributed by atoms with E-state index >= 15 is 0 Å². The predicted molar refractivity (Wildman–Crippen MR) is 131 cm³/mol. The molecule has 186 valence electrons. The predicted octanol–water partition coefficient (Wildman–Crippen LogP) is 3.94. The minimum Gasteiger partial charge on any atom is -0.493 e. The van der Waals surface area contributed by atoms with Crippen LogP contribution in [0.3, 0.4) is 0 Å². The monoisotopic (exact) mass is 500 g/mol. The molecular weight excluding hydrogens is 472 g/mol. The summed E-state index contributed by atoms with van der Waals surface area (Å²) in [6.45, 7) is 2.43. The number of hydrogen-bond donors (Lipinski definition) is 1. The molecular formula is C25H29ClN4O5. The second-order valence-corrected chi connectivity index (χ2v) is 8.72. The minimum absolute atomic E-state index is 0.0301. The number of ether oxygens (including phenoxy) is 3. The van der Waals surface area contributed by atoms with E-state index in [0.717, 1.165) is 37.1 Å². The van der Waals surface area contributed by atoms with Crippen molar-refractivity contribution in [1.29, 1.82) is 0 Å². The molecule has 1 saturated heterocycles. The maximum atomic E-state index is 12.8. The highest BCUT2D eigenvalue weighted by Gasteiger charge is 2.26. The van der Waals surface area contributed by atoms with Gasteiger partial charge in [-0.1, -0.05) is 28.9 Å². The molecule has 1 aliphatic heterocycles. The molecule has 1 fully saturated rings. The van der Waals surface area contributed by atoms with Gasteiger partial charge in [-0.25, -0.2) is 0 Å². The minimum atomic E-state index is -0.0536. The fourth-order valence-corrected chi connectivity index (χ4v) is 4.43. The fourth-order valence-electron chi connectivity index (χ4n) is 4.24. The van der Waals surface area contributed by atoms with Crippen LogP contribution < -0.4 is 19.5 Å². The van der Waals surface area contributed by atoms with E-state index in [1.54, 1.807) is 39.5 Å². The number of amides is 1. The van der Waals surface area contributed by atoms with Gasteiger partial charge in [0, 0.05) is 28.6 Å². The van der Waals surface area contributed by atoms with Crippen molar-refractivity contribution in [2.24, 2.45) is 5.92 Å². The average molecular weight is 501 g/mol.